The Bertz CT molecular complexity index is 344. The van der Waals surface area contributed by atoms with E-state index in [0.29, 0.717) is 5.95 Å². The van der Waals surface area contributed by atoms with Crippen molar-refractivity contribution in [2.75, 3.05) is 18.5 Å². The summed E-state index contributed by atoms with van der Waals surface area (Å²) in [6.45, 7) is 0.904. The molecule has 2 rings (SSSR count). The highest BCUT2D eigenvalue weighted by Gasteiger charge is 2.29. The number of rotatable bonds is 2. The average Bonchev–Trinajstić information content (AvgIpc) is 2.47. The summed E-state index contributed by atoms with van der Waals surface area (Å²) in [7, 11) is 3.38. The summed E-state index contributed by atoms with van der Waals surface area (Å²) in [5.41, 5.74) is 0. The Kier molecular flexibility index (Phi) is 2.16. The van der Waals surface area contributed by atoms with Crippen molar-refractivity contribution in [3.8, 4) is 0 Å². The maximum atomic E-state index is 11.7. The smallest absolute Gasteiger partial charge is 0.251 e. The molecular formula is C7H12N6O. The molecule has 1 atom stereocenters. The molecule has 1 unspecified atom stereocenters. The third-order valence-electron chi connectivity index (χ3n) is 2.35. The number of anilines is 1. The van der Waals surface area contributed by atoms with Crippen molar-refractivity contribution in [2.45, 2.75) is 12.5 Å². The third kappa shape index (κ3) is 1.35. The van der Waals surface area contributed by atoms with Crippen LogP contribution in [0.25, 0.3) is 0 Å². The van der Waals surface area contributed by atoms with Crippen LogP contribution < -0.4 is 10.2 Å². The van der Waals surface area contributed by atoms with E-state index in [1.807, 2.05) is 0 Å². The van der Waals surface area contributed by atoms with Crippen LogP contribution in [0.2, 0.25) is 0 Å². The molecule has 7 heteroatoms. The molecule has 1 amide bonds. The maximum Gasteiger partial charge on any atom is 0.251 e. The first-order valence-electron chi connectivity index (χ1n) is 4.43. The van der Waals surface area contributed by atoms with Gasteiger partial charge in [0, 0.05) is 14.1 Å². The normalized spacial score (nSPS) is 20.3. The fraction of sp³-hybridized carbons (Fsp3) is 0.714. The second kappa shape index (κ2) is 3.33. The van der Waals surface area contributed by atoms with Crippen LogP contribution in [0, 0.1) is 0 Å². The minimum absolute atomic E-state index is 0.00847. The van der Waals surface area contributed by atoms with E-state index < -0.39 is 0 Å². The van der Waals surface area contributed by atoms with Crippen LogP contribution in [0.3, 0.4) is 0 Å². The number of hydrogen-bond donors (Lipinski definition) is 1. The van der Waals surface area contributed by atoms with Gasteiger partial charge in [-0.3, -0.25) is 9.69 Å². The second-order valence-electron chi connectivity index (χ2n) is 3.30. The number of tetrazole rings is 1. The Morgan fingerprint density at radius 1 is 1.71 bits per heavy atom. The van der Waals surface area contributed by atoms with Gasteiger partial charge < -0.3 is 5.32 Å². The Hall–Kier alpha value is -1.50. The van der Waals surface area contributed by atoms with Crippen LogP contribution in [-0.2, 0) is 11.8 Å². The van der Waals surface area contributed by atoms with E-state index in [4.69, 9.17) is 0 Å². The molecule has 0 spiro atoms. The van der Waals surface area contributed by atoms with Gasteiger partial charge in [-0.1, -0.05) is 5.10 Å². The van der Waals surface area contributed by atoms with E-state index in [-0.39, 0.29) is 11.9 Å². The zero-order valence-corrected chi connectivity index (χ0v) is 8.14. The third-order valence-corrected chi connectivity index (χ3v) is 2.35. The maximum absolute atomic E-state index is 11.7. The van der Waals surface area contributed by atoms with Gasteiger partial charge in [-0.05, 0) is 23.4 Å². The number of likely N-dealkylation sites (N-methyl/N-ethyl adjacent to an activating group) is 1. The van der Waals surface area contributed by atoms with Crippen molar-refractivity contribution in [1.82, 2.24) is 25.5 Å². The van der Waals surface area contributed by atoms with Crippen molar-refractivity contribution in [3.63, 3.8) is 0 Å². The fourth-order valence-corrected chi connectivity index (χ4v) is 1.34. The van der Waals surface area contributed by atoms with Gasteiger partial charge in [0.25, 0.3) is 5.95 Å². The van der Waals surface area contributed by atoms with Gasteiger partial charge in [-0.2, -0.15) is 0 Å². The van der Waals surface area contributed by atoms with Crippen LogP contribution >= 0.6 is 0 Å². The van der Waals surface area contributed by atoms with E-state index in [1.165, 1.54) is 9.58 Å². The molecule has 0 bridgehead atoms. The highest BCUT2D eigenvalue weighted by molar-refractivity contribution is 5.95. The number of aryl methyl sites for hydroxylation is 1. The second-order valence-corrected chi connectivity index (χ2v) is 3.30. The highest BCUT2D eigenvalue weighted by Crippen LogP contribution is 2.10. The molecule has 0 radical (unpaired) electrons. The van der Waals surface area contributed by atoms with Gasteiger partial charge in [0.05, 0.1) is 6.04 Å². The van der Waals surface area contributed by atoms with Crippen LogP contribution in [-0.4, -0.2) is 45.7 Å². The molecular weight excluding hydrogens is 184 g/mol. The molecule has 1 aromatic heterocycles. The lowest BCUT2D eigenvalue weighted by Crippen LogP contribution is -2.54. The largest absolute Gasteiger partial charge is 0.306 e. The van der Waals surface area contributed by atoms with Crippen LogP contribution in [0.1, 0.15) is 6.42 Å². The van der Waals surface area contributed by atoms with Gasteiger partial charge in [-0.15, -0.1) is 0 Å². The number of carbonyl (C=O) groups excluding carboxylic acids is 1. The summed E-state index contributed by atoms with van der Waals surface area (Å²) in [4.78, 5) is 13.2. The molecule has 1 aliphatic heterocycles. The first-order valence-corrected chi connectivity index (χ1v) is 4.43. The first-order chi connectivity index (χ1) is 6.70. The molecule has 14 heavy (non-hydrogen) atoms. The van der Waals surface area contributed by atoms with Crippen molar-refractivity contribution < 1.29 is 4.79 Å². The molecule has 1 aromatic rings. The number of aromatic nitrogens is 4. The zero-order valence-electron chi connectivity index (χ0n) is 8.14. The highest BCUT2D eigenvalue weighted by atomic mass is 16.2. The van der Waals surface area contributed by atoms with E-state index in [1.54, 1.807) is 14.1 Å². The monoisotopic (exact) mass is 196 g/mol. The van der Waals surface area contributed by atoms with Gasteiger partial charge in [0.2, 0.25) is 5.91 Å². The quantitative estimate of drug-likeness (QED) is 0.625. The van der Waals surface area contributed by atoms with Crippen molar-refractivity contribution in [3.05, 3.63) is 0 Å². The molecule has 1 fully saturated rings. The molecule has 0 saturated carbocycles. The van der Waals surface area contributed by atoms with Gasteiger partial charge in [0.1, 0.15) is 0 Å². The molecule has 76 valence electrons. The van der Waals surface area contributed by atoms with Crippen molar-refractivity contribution >= 4 is 11.9 Å². The fourth-order valence-electron chi connectivity index (χ4n) is 1.34. The molecule has 1 N–H and O–H groups in total. The molecule has 0 aliphatic carbocycles. The summed E-state index contributed by atoms with van der Waals surface area (Å²) in [5.74, 6) is 0.470. The topological polar surface area (TPSA) is 75.9 Å². The standard InChI is InChI=1S/C7H12N6O/c1-12(6(14)5-3-4-8-5)7-9-10-11-13(7)2/h5,8H,3-4H2,1-2H3. The lowest BCUT2D eigenvalue weighted by atomic mass is 10.1. The summed E-state index contributed by atoms with van der Waals surface area (Å²) >= 11 is 0. The van der Waals surface area contributed by atoms with E-state index in [0.717, 1.165) is 13.0 Å². The summed E-state index contributed by atoms with van der Waals surface area (Å²) < 4.78 is 1.47. The number of nitrogens with zero attached hydrogens (tertiary/aromatic N) is 5. The Balaban J connectivity index is 2.11. The van der Waals surface area contributed by atoms with E-state index >= 15 is 0 Å². The van der Waals surface area contributed by atoms with Crippen molar-refractivity contribution in [1.29, 1.82) is 0 Å². The Labute approximate surface area is 81.1 Å². The molecule has 1 aliphatic rings. The number of amides is 1. The minimum Gasteiger partial charge on any atom is -0.306 e. The lowest BCUT2D eigenvalue weighted by molar-refractivity contribution is -0.121. The minimum atomic E-state index is -0.0725. The molecule has 0 aromatic carbocycles. The van der Waals surface area contributed by atoms with E-state index in [9.17, 15) is 4.79 Å². The van der Waals surface area contributed by atoms with Gasteiger partial charge in [-0.25, -0.2) is 4.68 Å². The summed E-state index contributed by atoms with van der Waals surface area (Å²) in [6, 6.07) is -0.0725. The number of nitrogens with one attached hydrogen (secondary N) is 1. The number of hydrogen-bond acceptors (Lipinski definition) is 5. The first kappa shape index (κ1) is 9.07. The van der Waals surface area contributed by atoms with Crippen LogP contribution in [0.4, 0.5) is 5.95 Å². The Morgan fingerprint density at radius 3 is 2.86 bits per heavy atom. The van der Waals surface area contributed by atoms with Crippen LogP contribution in [0.5, 0.6) is 0 Å². The predicted molar refractivity (Wildman–Crippen MR) is 48.6 cm³/mol. The predicted octanol–water partition coefficient (Wildman–Crippen LogP) is -1.47. The molecule has 7 nitrogen and oxygen atoms in total. The lowest BCUT2D eigenvalue weighted by Gasteiger charge is -2.29. The molecule has 2 heterocycles. The van der Waals surface area contributed by atoms with Gasteiger partial charge in [0.15, 0.2) is 0 Å². The number of carbonyl (C=O) groups is 1. The SMILES string of the molecule is CN(C(=O)C1CCN1)c1nnnn1C. The molecule has 1 saturated heterocycles. The zero-order chi connectivity index (χ0) is 10.1. The van der Waals surface area contributed by atoms with Gasteiger partial charge >= 0.3 is 0 Å². The van der Waals surface area contributed by atoms with Crippen LogP contribution in [0.15, 0.2) is 0 Å². The summed E-state index contributed by atoms with van der Waals surface area (Å²) in [6.07, 6.45) is 0.883. The average molecular weight is 196 g/mol. The van der Waals surface area contributed by atoms with E-state index in [2.05, 4.69) is 20.8 Å². The van der Waals surface area contributed by atoms with Crippen molar-refractivity contribution in [2.24, 2.45) is 7.05 Å². The summed E-state index contributed by atoms with van der Waals surface area (Å²) in [5, 5.41) is 13.9. The Morgan fingerprint density at radius 2 is 2.43 bits per heavy atom.